The quantitative estimate of drug-likeness (QED) is 0.677. The van der Waals surface area contributed by atoms with Crippen LogP contribution in [0.1, 0.15) is 30.3 Å². The van der Waals surface area contributed by atoms with Crippen molar-refractivity contribution < 1.29 is 4.74 Å². The van der Waals surface area contributed by atoms with Gasteiger partial charge in [0.15, 0.2) is 5.65 Å². The molecular formula is C20H22ClN5O2. The molecule has 2 aromatic heterocycles. The number of aromatic nitrogens is 4. The number of hydrogen-bond donors (Lipinski definition) is 0. The number of hydrogen-bond acceptors (Lipinski definition) is 5. The molecule has 8 heteroatoms. The van der Waals surface area contributed by atoms with E-state index in [1.54, 1.807) is 10.8 Å². The minimum Gasteiger partial charge on any atom is -0.381 e. The van der Waals surface area contributed by atoms with Gasteiger partial charge in [0, 0.05) is 37.9 Å². The van der Waals surface area contributed by atoms with Gasteiger partial charge < -0.3 is 4.74 Å². The van der Waals surface area contributed by atoms with Crippen molar-refractivity contribution in [3.8, 4) is 0 Å². The van der Waals surface area contributed by atoms with Crippen LogP contribution in [0, 0.1) is 0 Å². The summed E-state index contributed by atoms with van der Waals surface area (Å²) in [5.74, 6) is 0.812. The van der Waals surface area contributed by atoms with Gasteiger partial charge in [-0.05, 0) is 30.5 Å². The summed E-state index contributed by atoms with van der Waals surface area (Å²) in [6, 6.07) is 8.15. The van der Waals surface area contributed by atoms with Gasteiger partial charge in [-0.3, -0.25) is 14.3 Å². The molecule has 1 fully saturated rings. The molecule has 0 N–H and O–H groups in total. The third kappa shape index (κ3) is 3.23. The molecule has 28 heavy (non-hydrogen) atoms. The molecule has 0 spiro atoms. The van der Waals surface area contributed by atoms with E-state index in [4.69, 9.17) is 21.3 Å². The van der Waals surface area contributed by atoms with Crippen LogP contribution >= 0.6 is 11.6 Å². The Bertz CT molecular complexity index is 1050. The molecule has 2 aliphatic heterocycles. The van der Waals surface area contributed by atoms with Crippen molar-refractivity contribution >= 4 is 22.6 Å². The number of ether oxygens (including phenoxy) is 1. The van der Waals surface area contributed by atoms with Gasteiger partial charge in [0.1, 0.15) is 11.2 Å². The molecular weight excluding hydrogens is 378 g/mol. The largest absolute Gasteiger partial charge is 0.381 e. The van der Waals surface area contributed by atoms with E-state index in [1.165, 1.54) is 5.56 Å². The molecule has 7 nitrogen and oxygen atoms in total. The second-order valence-corrected chi connectivity index (χ2v) is 7.93. The SMILES string of the molecule is O=c1c2cnn(C3CCOCC3)c2nc2n1CCN(Cc1ccc(Cl)cc1)C2. The molecule has 0 unspecified atom stereocenters. The van der Waals surface area contributed by atoms with Gasteiger partial charge in [-0.2, -0.15) is 5.10 Å². The molecule has 0 saturated carbocycles. The van der Waals surface area contributed by atoms with Crippen LogP contribution in [0.4, 0.5) is 0 Å². The van der Waals surface area contributed by atoms with Gasteiger partial charge in [-0.25, -0.2) is 9.67 Å². The summed E-state index contributed by atoms with van der Waals surface area (Å²) in [6.45, 7) is 4.37. The normalized spacial score (nSPS) is 18.5. The van der Waals surface area contributed by atoms with Crippen molar-refractivity contribution in [3.63, 3.8) is 0 Å². The summed E-state index contributed by atoms with van der Waals surface area (Å²) in [5.41, 5.74) is 1.93. The van der Waals surface area contributed by atoms with Crippen molar-refractivity contribution in [1.82, 2.24) is 24.2 Å². The van der Waals surface area contributed by atoms with E-state index in [2.05, 4.69) is 10.00 Å². The van der Waals surface area contributed by atoms with E-state index in [0.29, 0.717) is 24.1 Å². The monoisotopic (exact) mass is 399 g/mol. The molecule has 0 amide bonds. The standard InChI is InChI=1S/C20H22ClN5O2/c21-15-3-1-14(2-4-15)12-24-7-8-25-18(13-24)23-19-17(20(25)27)11-22-26(19)16-5-9-28-10-6-16/h1-4,11,16H,5-10,12-13H2. The van der Waals surface area contributed by atoms with Crippen molar-refractivity contribution in [2.24, 2.45) is 0 Å². The van der Waals surface area contributed by atoms with Gasteiger partial charge in [-0.15, -0.1) is 0 Å². The molecule has 0 atom stereocenters. The topological polar surface area (TPSA) is 65.2 Å². The lowest BCUT2D eigenvalue weighted by atomic mass is 10.1. The van der Waals surface area contributed by atoms with Crippen molar-refractivity contribution in [1.29, 1.82) is 0 Å². The number of rotatable bonds is 3. The van der Waals surface area contributed by atoms with Gasteiger partial charge in [0.05, 0.1) is 18.8 Å². The molecule has 1 saturated heterocycles. The number of benzene rings is 1. The molecule has 1 aromatic carbocycles. The molecule has 3 aromatic rings. The Morgan fingerprint density at radius 3 is 2.71 bits per heavy atom. The average Bonchev–Trinajstić information content (AvgIpc) is 3.14. The lowest BCUT2D eigenvalue weighted by Crippen LogP contribution is -2.39. The molecule has 0 radical (unpaired) electrons. The molecule has 146 valence electrons. The van der Waals surface area contributed by atoms with Gasteiger partial charge >= 0.3 is 0 Å². The van der Waals surface area contributed by atoms with E-state index in [1.807, 2.05) is 28.9 Å². The zero-order valence-corrected chi connectivity index (χ0v) is 16.3. The van der Waals surface area contributed by atoms with Crippen LogP contribution in [-0.2, 0) is 24.4 Å². The first kappa shape index (κ1) is 17.8. The maximum Gasteiger partial charge on any atom is 0.264 e. The van der Waals surface area contributed by atoms with Gasteiger partial charge in [-0.1, -0.05) is 23.7 Å². The molecule has 2 aliphatic rings. The Balaban J connectivity index is 1.45. The van der Waals surface area contributed by atoms with E-state index in [0.717, 1.165) is 50.0 Å². The molecule has 0 aliphatic carbocycles. The van der Waals surface area contributed by atoms with Crippen LogP contribution in [0.15, 0.2) is 35.3 Å². The number of nitrogens with zero attached hydrogens (tertiary/aromatic N) is 5. The van der Waals surface area contributed by atoms with Gasteiger partial charge in [0.25, 0.3) is 5.56 Å². The number of halogens is 1. The number of fused-ring (bicyclic) bond motifs is 2. The van der Waals surface area contributed by atoms with Crippen molar-refractivity contribution in [2.45, 2.75) is 38.5 Å². The van der Waals surface area contributed by atoms with Crippen molar-refractivity contribution in [2.75, 3.05) is 19.8 Å². The van der Waals surface area contributed by atoms with E-state index in [-0.39, 0.29) is 11.6 Å². The van der Waals surface area contributed by atoms with Crippen molar-refractivity contribution in [3.05, 3.63) is 57.2 Å². The predicted octanol–water partition coefficient (Wildman–Crippen LogP) is 2.61. The third-order valence-electron chi connectivity index (χ3n) is 5.65. The zero-order valence-electron chi connectivity index (χ0n) is 15.6. The third-order valence-corrected chi connectivity index (χ3v) is 5.90. The molecule has 5 rings (SSSR count). The van der Waals surface area contributed by atoms with Crippen LogP contribution in [0.3, 0.4) is 0 Å². The fourth-order valence-corrected chi connectivity index (χ4v) is 4.24. The average molecular weight is 400 g/mol. The smallest absolute Gasteiger partial charge is 0.264 e. The summed E-state index contributed by atoms with van der Waals surface area (Å²) in [6.07, 6.45) is 3.48. The minimum atomic E-state index is 0.0180. The fourth-order valence-electron chi connectivity index (χ4n) is 4.11. The summed E-state index contributed by atoms with van der Waals surface area (Å²) in [7, 11) is 0. The lowest BCUT2D eigenvalue weighted by molar-refractivity contribution is 0.0673. The molecule has 0 bridgehead atoms. The van der Waals surface area contributed by atoms with E-state index in [9.17, 15) is 4.79 Å². The maximum absolute atomic E-state index is 13.0. The van der Waals surface area contributed by atoms with Gasteiger partial charge in [0.2, 0.25) is 0 Å². The summed E-state index contributed by atoms with van der Waals surface area (Å²) in [5, 5.41) is 5.86. The van der Waals surface area contributed by atoms with Crippen LogP contribution in [-0.4, -0.2) is 44.0 Å². The predicted molar refractivity (Wildman–Crippen MR) is 106 cm³/mol. The Labute approximate surface area is 167 Å². The van der Waals surface area contributed by atoms with Crippen LogP contribution in [0.5, 0.6) is 0 Å². The Kier molecular flexibility index (Phi) is 4.66. The lowest BCUT2D eigenvalue weighted by Gasteiger charge is -2.29. The summed E-state index contributed by atoms with van der Waals surface area (Å²) in [4.78, 5) is 20.2. The highest BCUT2D eigenvalue weighted by molar-refractivity contribution is 6.30. The second-order valence-electron chi connectivity index (χ2n) is 7.49. The van der Waals surface area contributed by atoms with E-state index < -0.39 is 0 Å². The summed E-state index contributed by atoms with van der Waals surface area (Å²) >= 11 is 5.98. The fraction of sp³-hybridized carbons (Fsp3) is 0.450. The van der Waals surface area contributed by atoms with Crippen LogP contribution < -0.4 is 5.56 Å². The molecule has 4 heterocycles. The second kappa shape index (κ2) is 7.31. The van der Waals surface area contributed by atoms with Crippen LogP contribution in [0.2, 0.25) is 5.02 Å². The highest BCUT2D eigenvalue weighted by Gasteiger charge is 2.24. The Hall–Kier alpha value is -2.22. The highest BCUT2D eigenvalue weighted by Crippen LogP contribution is 2.24. The summed E-state index contributed by atoms with van der Waals surface area (Å²) < 4.78 is 9.19. The van der Waals surface area contributed by atoms with E-state index >= 15 is 0 Å². The highest BCUT2D eigenvalue weighted by atomic mass is 35.5. The minimum absolute atomic E-state index is 0.0180. The first-order valence-corrected chi connectivity index (χ1v) is 10.1. The Morgan fingerprint density at radius 2 is 1.93 bits per heavy atom. The first-order valence-electron chi connectivity index (χ1n) is 9.70. The maximum atomic E-state index is 13.0. The van der Waals surface area contributed by atoms with Crippen LogP contribution in [0.25, 0.3) is 11.0 Å². The first-order chi connectivity index (χ1) is 13.7. The zero-order chi connectivity index (χ0) is 19.1. The Morgan fingerprint density at radius 1 is 1.14 bits per heavy atom.